The number of fused-ring (bicyclic) bond motifs is 3. The molecule has 4 rings (SSSR count). The van der Waals surface area contributed by atoms with Gasteiger partial charge in [-0.2, -0.15) is 0 Å². The largest absolute Gasteiger partial charge is 0.496 e. The number of benzene rings is 2. The highest BCUT2D eigenvalue weighted by Gasteiger charge is 2.40. The molecule has 4 heteroatoms. The second kappa shape index (κ2) is 6.30. The molecule has 0 radical (unpaired) electrons. The van der Waals surface area contributed by atoms with Crippen molar-refractivity contribution < 1.29 is 9.47 Å². The minimum atomic E-state index is 0.128. The predicted octanol–water partition coefficient (Wildman–Crippen LogP) is 5.29. The number of aryl methyl sites for hydroxylation is 1. The molecule has 2 aliphatic heterocycles. The van der Waals surface area contributed by atoms with Gasteiger partial charge in [-0.25, -0.2) is 0 Å². The average Bonchev–Trinajstić information content (AvgIpc) is 2.61. The van der Waals surface area contributed by atoms with Crippen LogP contribution in [0.3, 0.4) is 0 Å². The molecule has 2 aromatic rings. The molecule has 1 N–H and O–H groups in total. The SMILES string of the molecule is COc1ccc(Cl)cc1[C@H]1Nc2ccc(C)cc2[C@H]2OCCC[C@@H]12. The quantitative estimate of drug-likeness (QED) is 0.803. The normalized spacial score (nSPS) is 25.4. The molecular formula is C20H22ClNO2. The summed E-state index contributed by atoms with van der Waals surface area (Å²) in [5.41, 5.74) is 4.80. The molecule has 0 amide bonds. The number of hydrogen-bond acceptors (Lipinski definition) is 3. The third kappa shape index (κ3) is 2.66. The highest BCUT2D eigenvalue weighted by Crippen LogP contribution is 2.50. The van der Waals surface area contributed by atoms with Crippen molar-refractivity contribution in [2.24, 2.45) is 5.92 Å². The smallest absolute Gasteiger partial charge is 0.124 e. The van der Waals surface area contributed by atoms with Gasteiger partial charge in [-0.1, -0.05) is 29.3 Å². The van der Waals surface area contributed by atoms with Crippen LogP contribution in [0.2, 0.25) is 5.02 Å². The number of halogens is 1. The first-order valence-corrected chi connectivity index (χ1v) is 8.87. The first-order valence-electron chi connectivity index (χ1n) is 8.49. The molecule has 2 heterocycles. The lowest BCUT2D eigenvalue weighted by molar-refractivity contribution is -0.0383. The van der Waals surface area contributed by atoms with E-state index in [1.54, 1.807) is 7.11 Å². The second-order valence-electron chi connectivity index (χ2n) is 6.70. The zero-order chi connectivity index (χ0) is 16.7. The minimum Gasteiger partial charge on any atom is -0.496 e. The van der Waals surface area contributed by atoms with Gasteiger partial charge in [-0.05, 0) is 44.0 Å². The maximum Gasteiger partial charge on any atom is 0.124 e. The Hall–Kier alpha value is -1.71. The standard InChI is InChI=1S/C20H22ClNO2/c1-12-5-7-17-15(10-12)20-14(4-3-9-24-20)19(22-17)16-11-13(21)6-8-18(16)23-2/h5-8,10-11,14,19-20,22H,3-4,9H2,1-2H3/t14-,19-,20-/m0/s1. The number of ether oxygens (including phenoxy) is 2. The van der Waals surface area contributed by atoms with Crippen LogP contribution >= 0.6 is 11.6 Å². The van der Waals surface area contributed by atoms with Crippen LogP contribution in [0.1, 0.15) is 41.7 Å². The van der Waals surface area contributed by atoms with E-state index in [9.17, 15) is 0 Å². The number of nitrogens with one attached hydrogen (secondary N) is 1. The molecule has 3 nitrogen and oxygen atoms in total. The van der Waals surface area contributed by atoms with Gasteiger partial charge in [0.15, 0.2) is 0 Å². The summed E-state index contributed by atoms with van der Waals surface area (Å²) < 4.78 is 11.8. The third-order valence-electron chi connectivity index (χ3n) is 5.15. The topological polar surface area (TPSA) is 30.5 Å². The average molecular weight is 344 g/mol. The monoisotopic (exact) mass is 343 g/mol. The number of hydrogen-bond donors (Lipinski definition) is 1. The Labute approximate surface area is 147 Å². The summed E-state index contributed by atoms with van der Waals surface area (Å²) in [7, 11) is 1.71. The fourth-order valence-corrected chi connectivity index (χ4v) is 4.23. The van der Waals surface area contributed by atoms with E-state index in [0.717, 1.165) is 41.5 Å². The van der Waals surface area contributed by atoms with Gasteiger partial charge in [0.25, 0.3) is 0 Å². The highest BCUT2D eigenvalue weighted by atomic mass is 35.5. The van der Waals surface area contributed by atoms with Gasteiger partial charge in [0.1, 0.15) is 5.75 Å². The minimum absolute atomic E-state index is 0.128. The zero-order valence-electron chi connectivity index (χ0n) is 14.0. The lowest BCUT2D eigenvalue weighted by Gasteiger charge is -2.43. The maximum atomic E-state index is 6.27. The van der Waals surface area contributed by atoms with Crippen molar-refractivity contribution in [2.45, 2.75) is 31.9 Å². The van der Waals surface area contributed by atoms with Crippen LogP contribution < -0.4 is 10.1 Å². The Bertz CT molecular complexity index is 761. The van der Waals surface area contributed by atoms with Gasteiger partial charge < -0.3 is 14.8 Å². The van der Waals surface area contributed by atoms with Crippen LogP contribution in [0.25, 0.3) is 0 Å². The summed E-state index contributed by atoms with van der Waals surface area (Å²) in [6.45, 7) is 2.96. The van der Waals surface area contributed by atoms with Crippen LogP contribution in [-0.2, 0) is 4.74 Å². The summed E-state index contributed by atoms with van der Waals surface area (Å²) in [5, 5.41) is 4.45. The molecule has 2 aromatic carbocycles. The molecule has 3 atom stereocenters. The molecule has 126 valence electrons. The summed E-state index contributed by atoms with van der Waals surface area (Å²) in [6, 6.07) is 12.5. The van der Waals surface area contributed by atoms with Crippen LogP contribution in [0, 0.1) is 12.8 Å². The van der Waals surface area contributed by atoms with E-state index in [4.69, 9.17) is 21.1 Å². The van der Waals surface area contributed by atoms with Crippen LogP contribution in [0.15, 0.2) is 36.4 Å². The van der Waals surface area contributed by atoms with E-state index in [1.165, 1.54) is 11.1 Å². The second-order valence-corrected chi connectivity index (χ2v) is 7.13. The molecule has 0 spiro atoms. The zero-order valence-corrected chi connectivity index (χ0v) is 14.8. The third-order valence-corrected chi connectivity index (χ3v) is 5.38. The molecule has 0 aliphatic carbocycles. The van der Waals surface area contributed by atoms with Crippen molar-refractivity contribution in [3.05, 3.63) is 58.1 Å². The van der Waals surface area contributed by atoms with Crippen molar-refractivity contribution in [3.8, 4) is 5.75 Å². The van der Waals surface area contributed by atoms with Crippen molar-refractivity contribution in [1.29, 1.82) is 0 Å². The van der Waals surface area contributed by atoms with Gasteiger partial charge in [0.05, 0.1) is 19.3 Å². The Balaban J connectivity index is 1.82. The molecule has 0 aromatic heterocycles. The van der Waals surface area contributed by atoms with Gasteiger partial charge in [0, 0.05) is 34.4 Å². The molecule has 1 fully saturated rings. The van der Waals surface area contributed by atoms with Crippen molar-refractivity contribution in [1.82, 2.24) is 0 Å². The Morgan fingerprint density at radius 1 is 1.17 bits per heavy atom. The molecule has 24 heavy (non-hydrogen) atoms. The first kappa shape index (κ1) is 15.8. The predicted molar refractivity (Wildman–Crippen MR) is 97.0 cm³/mol. The fourth-order valence-electron chi connectivity index (χ4n) is 4.05. The van der Waals surface area contributed by atoms with Gasteiger partial charge in [0.2, 0.25) is 0 Å². The van der Waals surface area contributed by atoms with E-state index < -0.39 is 0 Å². The number of anilines is 1. The molecule has 2 aliphatic rings. The summed E-state index contributed by atoms with van der Waals surface area (Å²) in [5.74, 6) is 1.25. The summed E-state index contributed by atoms with van der Waals surface area (Å²) >= 11 is 6.27. The molecule has 0 bridgehead atoms. The maximum absolute atomic E-state index is 6.27. The number of rotatable bonds is 2. The Morgan fingerprint density at radius 3 is 2.88 bits per heavy atom. The summed E-state index contributed by atoms with van der Waals surface area (Å²) in [6.07, 6.45) is 2.35. The molecule has 1 saturated heterocycles. The first-order chi connectivity index (χ1) is 11.7. The van der Waals surface area contributed by atoms with E-state index in [0.29, 0.717) is 5.92 Å². The lowest BCUT2D eigenvalue weighted by Crippen LogP contribution is -2.36. The Kier molecular flexibility index (Phi) is 4.15. The van der Waals surface area contributed by atoms with Crippen molar-refractivity contribution >= 4 is 17.3 Å². The van der Waals surface area contributed by atoms with Crippen LogP contribution in [0.4, 0.5) is 5.69 Å². The van der Waals surface area contributed by atoms with Gasteiger partial charge in [-0.3, -0.25) is 0 Å². The van der Waals surface area contributed by atoms with Gasteiger partial charge >= 0.3 is 0 Å². The Morgan fingerprint density at radius 2 is 2.04 bits per heavy atom. The van der Waals surface area contributed by atoms with Crippen LogP contribution in [0.5, 0.6) is 5.75 Å². The number of methoxy groups -OCH3 is 1. The fraction of sp³-hybridized carbons (Fsp3) is 0.400. The van der Waals surface area contributed by atoms with E-state index in [-0.39, 0.29) is 12.1 Å². The van der Waals surface area contributed by atoms with E-state index in [2.05, 4.69) is 30.4 Å². The van der Waals surface area contributed by atoms with E-state index in [1.807, 2.05) is 18.2 Å². The van der Waals surface area contributed by atoms with Crippen LogP contribution in [-0.4, -0.2) is 13.7 Å². The van der Waals surface area contributed by atoms with Crippen molar-refractivity contribution in [2.75, 3.05) is 19.0 Å². The molecule has 0 unspecified atom stereocenters. The van der Waals surface area contributed by atoms with E-state index >= 15 is 0 Å². The van der Waals surface area contributed by atoms with Gasteiger partial charge in [-0.15, -0.1) is 0 Å². The summed E-state index contributed by atoms with van der Waals surface area (Å²) in [4.78, 5) is 0. The lowest BCUT2D eigenvalue weighted by atomic mass is 9.77. The van der Waals surface area contributed by atoms with Crippen molar-refractivity contribution in [3.63, 3.8) is 0 Å². The molecule has 0 saturated carbocycles. The highest BCUT2D eigenvalue weighted by molar-refractivity contribution is 6.30. The molecular weight excluding hydrogens is 322 g/mol.